The number of hydrogen-bond acceptors (Lipinski definition) is 8. The number of aromatic nitrogens is 1. The van der Waals surface area contributed by atoms with Crippen LogP contribution in [0.15, 0.2) is 53.4 Å². The first-order valence-corrected chi connectivity index (χ1v) is 16.2. The molecule has 15 heteroatoms. The van der Waals surface area contributed by atoms with Crippen molar-refractivity contribution in [1.29, 1.82) is 0 Å². The maximum Gasteiger partial charge on any atom is 0.573 e. The van der Waals surface area contributed by atoms with E-state index in [1.54, 1.807) is 11.8 Å². The number of benzene rings is 2. The van der Waals surface area contributed by atoms with Crippen molar-refractivity contribution in [2.75, 3.05) is 24.5 Å². The largest absolute Gasteiger partial charge is 0.573 e. The Bertz CT molecular complexity index is 1560. The summed E-state index contributed by atoms with van der Waals surface area (Å²) in [7, 11) is -4.31. The van der Waals surface area contributed by atoms with Gasteiger partial charge in [0.15, 0.2) is 5.13 Å². The van der Waals surface area contributed by atoms with Crippen molar-refractivity contribution in [3.05, 3.63) is 70.2 Å². The predicted molar refractivity (Wildman–Crippen MR) is 158 cm³/mol. The van der Waals surface area contributed by atoms with Gasteiger partial charge in [-0.3, -0.25) is 9.59 Å². The van der Waals surface area contributed by atoms with Gasteiger partial charge in [0.1, 0.15) is 11.8 Å². The number of thiazole rings is 1. The van der Waals surface area contributed by atoms with Gasteiger partial charge in [-0.25, -0.2) is 13.4 Å². The maximum absolute atomic E-state index is 13.7. The lowest BCUT2D eigenvalue weighted by Crippen LogP contribution is -2.60. The second-order valence-corrected chi connectivity index (χ2v) is 13.2. The molecule has 4 rings (SSSR count). The third-order valence-corrected chi connectivity index (χ3v) is 10.2. The average molecular weight is 655 g/mol. The van der Waals surface area contributed by atoms with Crippen LogP contribution in [-0.4, -0.2) is 66.7 Å². The number of halogens is 3. The van der Waals surface area contributed by atoms with Crippen LogP contribution in [-0.2, 0) is 39.0 Å². The number of carbonyl (C=O) groups excluding carboxylic acids is 1. The van der Waals surface area contributed by atoms with Crippen molar-refractivity contribution in [2.24, 2.45) is 0 Å². The Morgan fingerprint density at radius 1 is 1.07 bits per heavy atom. The highest BCUT2D eigenvalue weighted by atomic mass is 32.2. The van der Waals surface area contributed by atoms with E-state index in [9.17, 15) is 31.2 Å². The lowest BCUT2D eigenvalue weighted by molar-refractivity contribution is -0.274. The number of nitrogens with zero attached hydrogens (tertiary/aromatic N) is 3. The number of sulfonamides is 1. The van der Waals surface area contributed by atoms with Crippen LogP contribution < -0.4 is 15.0 Å². The van der Waals surface area contributed by atoms with Crippen molar-refractivity contribution in [3.8, 4) is 5.75 Å². The molecule has 1 atom stereocenters. The summed E-state index contributed by atoms with van der Waals surface area (Å²) in [6, 6.07) is 10.4. The standard InChI is InChI=1S/C29H33F3N4O6S2/c1-3-4-20-5-7-21(8-6-20)17-33-27(39)24-18-35(28-34-19(2)25(43-28)13-14-26(37)38)15-16-36(24)44(40,41)23-11-9-22(10-12-23)42-29(30,31)32/h5-12,24H,3-4,13-18H2,1-2H3,(H,33,39)(H,37,38). The molecule has 1 aromatic heterocycles. The molecule has 3 aromatic rings. The molecule has 1 saturated heterocycles. The molecule has 238 valence electrons. The minimum atomic E-state index is -4.93. The second-order valence-electron chi connectivity index (χ2n) is 10.3. The minimum absolute atomic E-state index is 0.0406. The summed E-state index contributed by atoms with van der Waals surface area (Å²) in [5.41, 5.74) is 2.66. The first-order chi connectivity index (χ1) is 20.8. The van der Waals surface area contributed by atoms with Crippen molar-refractivity contribution in [2.45, 2.75) is 63.4 Å². The summed E-state index contributed by atoms with van der Waals surface area (Å²) in [6.07, 6.45) is -2.78. The first-order valence-electron chi connectivity index (χ1n) is 13.9. The monoisotopic (exact) mass is 654 g/mol. The number of piperazine rings is 1. The van der Waals surface area contributed by atoms with Crippen molar-refractivity contribution >= 4 is 38.4 Å². The Balaban J connectivity index is 1.57. The fourth-order valence-corrected chi connectivity index (χ4v) is 7.48. The molecule has 10 nitrogen and oxygen atoms in total. The third-order valence-electron chi connectivity index (χ3n) is 7.04. The molecule has 1 unspecified atom stereocenters. The normalized spacial score (nSPS) is 16.1. The summed E-state index contributed by atoms with van der Waals surface area (Å²) < 4.78 is 70.2. The van der Waals surface area contributed by atoms with Gasteiger partial charge in [-0.1, -0.05) is 37.6 Å². The smallest absolute Gasteiger partial charge is 0.481 e. The molecule has 1 amide bonds. The van der Waals surface area contributed by atoms with Crippen molar-refractivity contribution in [3.63, 3.8) is 0 Å². The van der Waals surface area contributed by atoms with E-state index < -0.39 is 40.1 Å². The maximum atomic E-state index is 13.7. The Kier molecular flexibility index (Phi) is 10.5. The van der Waals surface area contributed by atoms with Crippen LogP contribution in [0.1, 0.15) is 41.5 Å². The molecule has 0 spiro atoms. The van der Waals surface area contributed by atoms with Gasteiger partial charge in [0.2, 0.25) is 15.9 Å². The summed E-state index contributed by atoms with van der Waals surface area (Å²) in [6.45, 7) is 4.05. The van der Waals surface area contributed by atoms with Crippen LogP contribution >= 0.6 is 11.3 Å². The number of carbonyl (C=O) groups is 2. The number of aryl methyl sites for hydroxylation is 3. The van der Waals surface area contributed by atoms with E-state index in [0.29, 0.717) is 17.2 Å². The molecule has 2 aromatic carbocycles. The van der Waals surface area contributed by atoms with Crippen LogP contribution in [0, 0.1) is 6.92 Å². The van der Waals surface area contributed by atoms with Crippen LogP contribution in [0.3, 0.4) is 0 Å². The highest BCUT2D eigenvalue weighted by Crippen LogP contribution is 2.31. The highest BCUT2D eigenvalue weighted by Gasteiger charge is 2.41. The molecule has 1 aliphatic rings. The van der Waals surface area contributed by atoms with Gasteiger partial charge in [-0.2, -0.15) is 4.31 Å². The Morgan fingerprint density at radius 3 is 2.34 bits per heavy atom. The molecule has 1 aliphatic heterocycles. The van der Waals surface area contributed by atoms with E-state index in [4.69, 9.17) is 5.11 Å². The van der Waals surface area contributed by atoms with Gasteiger partial charge in [0.05, 0.1) is 17.0 Å². The Labute approximate surface area is 257 Å². The molecule has 2 N–H and O–H groups in total. The third kappa shape index (κ3) is 8.48. The summed E-state index contributed by atoms with van der Waals surface area (Å²) in [5, 5.41) is 12.4. The number of rotatable bonds is 12. The van der Waals surface area contributed by atoms with Crippen molar-refractivity contribution in [1.82, 2.24) is 14.6 Å². The molecule has 0 aliphatic carbocycles. The molecule has 2 heterocycles. The first kappa shape index (κ1) is 33.2. The van der Waals surface area contributed by atoms with Crippen LogP contribution in [0.2, 0.25) is 0 Å². The number of nitrogens with one attached hydrogen (secondary N) is 1. The fraction of sp³-hybridized carbons (Fsp3) is 0.414. The SMILES string of the molecule is CCCc1ccc(CNC(=O)C2CN(c3nc(C)c(CCC(=O)O)s3)CCN2S(=O)(=O)c2ccc(OC(F)(F)F)cc2)cc1. The van der Waals surface area contributed by atoms with Crippen molar-refractivity contribution < 1.29 is 41.0 Å². The summed E-state index contributed by atoms with van der Waals surface area (Å²) >= 11 is 1.29. The zero-order valence-electron chi connectivity index (χ0n) is 24.1. The van der Waals surface area contributed by atoms with Gasteiger partial charge in [0.25, 0.3) is 0 Å². The van der Waals surface area contributed by atoms with Gasteiger partial charge < -0.3 is 20.1 Å². The number of ether oxygens (including phenoxy) is 1. The van der Waals surface area contributed by atoms with Crippen LogP contribution in [0.25, 0.3) is 0 Å². The highest BCUT2D eigenvalue weighted by molar-refractivity contribution is 7.89. The number of anilines is 1. The molecule has 0 radical (unpaired) electrons. The molecule has 0 saturated carbocycles. The number of aliphatic carboxylic acids is 1. The predicted octanol–water partition coefficient (Wildman–Crippen LogP) is 4.52. The van der Waals surface area contributed by atoms with Gasteiger partial charge in [-0.15, -0.1) is 24.5 Å². The lowest BCUT2D eigenvalue weighted by atomic mass is 10.1. The van der Waals surface area contributed by atoms with Gasteiger partial charge >= 0.3 is 12.3 Å². The molecular formula is C29H33F3N4O6S2. The molecule has 1 fully saturated rings. The number of alkyl halides is 3. The molecular weight excluding hydrogens is 621 g/mol. The quantitative estimate of drug-likeness (QED) is 0.292. The Hall–Kier alpha value is -3.69. The Morgan fingerprint density at radius 2 is 1.73 bits per heavy atom. The zero-order valence-corrected chi connectivity index (χ0v) is 25.8. The lowest BCUT2D eigenvalue weighted by Gasteiger charge is -2.39. The fourth-order valence-electron chi connectivity index (χ4n) is 4.81. The summed E-state index contributed by atoms with van der Waals surface area (Å²) in [4.78, 5) is 31.5. The molecule has 0 bridgehead atoms. The van der Waals surface area contributed by atoms with E-state index in [2.05, 4.69) is 22.0 Å². The molecule has 44 heavy (non-hydrogen) atoms. The number of carboxylic acids is 1. The van der Waals surface area contributed by atoms with E-state index in [-0.39, 0.29) is 37.5 Å². The van der Waals surface area contributed by atoms with E-state index in [1.807, 2.05) is 24.3 Å². The minimum Gasteiger partial charge on any atom is -0.481 e. The van der Waals surface area contributed by atoms with E-state index >= 15 is 0 Å². The number of carboxylic acid groups (broad SMARTS) is 1. The van der Waals surface area contributed by atoms with Crippen LogP contribution in [0.5, 0.6) is 5.75 Å². The topological polar surface area (TPSA) is 129 Å². The number of hydrogen-bond donors (Lipinski definition) is 2. The van der Waals surface area contributed by atoms with Gasteiger partial charge in [-0.05, 0) is 55.2 Å². The van der Waals surface area contributed by atoms with E-state index in [1.165, 1.54) is 11.3 Å². The van der Waals surface area contributed by atoms with Crippen LogP contribution in [0.4, 0.5) is 18.3 Å². The number of amides is 1. The summed E-state index contributed by atoms with van der Waals surface area (Å²) in [5.74, 6) is -2.06. The van der Waals surface area contributed by atoms with E-state index in [0.717, 1.165) is 57.4 Å². The van der Waals surface area contributed by atoms with Gasteiger partial charge in [0, 0.05) is 31.1 Å². The second kappa shape index (κ2) is 13.9. The zero-order chi connectivity index (χ0) is 32.1. The average Bonchev–Trinajstić information content (AvgIpc) is 3.35.